The van der Waals surface area contributed by atoms with Crippen molar-refractivity contribution < 1.29 is 9.53 Å². The predicted molar refractivity (Wildman–Crippen MR) is 53.1 cm³/mol. The minimum atomic E-state index is -0.265. The summed E-state index contributed by atoms with van der Waals surface area (Å²) in [6, 6.07) is 1.63. The van der Waals surface area contributed by atoms with Gasteiger partial charge in [-0.3, -0.25) is 0 Å². The van der Waals surface area contributed by atoms with E-state index in [1.807, 2.05) is 0 Å². The first-order valence-corrected chi connectivity index (χ1v) is 4.75. The molecule has 0 aromatic carbocycles. The van der Waals surface area contributed by atoms with Crippen molar-refractivity contribution in [3.63, 3.8) is 0 Å². The maximum Gasteiger partial charge on any atom is 0.409 e. The van der Waals surface area contributed by atoms with E-state index >= 15 is 0 Å². The molecule has 1 aromatic rings. The summed E-state index contributed by atoms with van der Waals surface area (Å²) in [7, 11) is 0. The molecule has 80 valence electrons. The molecule has 0 radical (unpaired) electrons. The highest BCUT2D eigenvalue weighted by atomic mass is 16.6. The van der Waals surface area contributed by atoms with Gasteiger partial charge in [-0.2, -0.15) is 0 Å². The lowest BCUT2D eigenvalue weighted by Crippen LogP contribution is -2.27. The first-order chi connectivity index (χ1) is 7.25. The third kappa shape index (κ3) is 2.34. The topological polar surface area (TPSA) is 81.3 Å². The van der Waals surface area contributed by atoms with Crippen LogP contribution < -0.4 is 5.73 Å². The lowest BCUT2D eigenvalue weighted by Gasteiger charge is -2.11. The van der Waals surface area contributed by atoms with Gasteiger partial charge in [-0.1, -0.05) is 0 Å². The van der Waals surface area contributed by atoms with Crippen LogP contribution >= 0.6 is 0 Å². The second kappa shape index (κ2) is 4.12. The summed E-state index contributed by atoms with van der Waals surface area (Å²) in [6.45, 7) is 1.68. The van der Waals surface area contributed by atoms with Crippen molar-refractivity contribution in [3.8, 4) is 0 Å². The molecule has 1 amide bonds. The molecule has 1 saturated heterocycles. The smallest absolute Gasteiger partial charge is 0.409 e. The minimum absolute atomic E-state index is 0.265. The molecular weight excluding hydrogens is 196 g/mol. The summed E-state index contributed by atoms with van der Waals surface area (Å²) in [6.07, 6.45) is 1.94. The molecule has 2 heterocycles. The molecule has 2 rings (SSSR count). The van der Waals surface area contributed by atoms with Crippen molar-refractivity contribution in [1.29, 1.82) is 0 Å². The minimum Gasteiger partial charge on any atom is -0.448 e. The monoisotopic (exact) mass is 208 g/mol. The highest BCUT2D eigenvalue weighted by Gasteiger charge is 2.21. The van der Waals surface area contributed by atoms with Gasteiger partial charge in [0.2, 0.25) is 0 Å². The van der Waals surface area contributed by atoms with Crippen molar-refractivity contribution in [2.24, 2.45) is 0 Å². The molecule has 6 nitrogen and oxygen atoms in total. The number of cyclic esters (lactones) is 1. The Bertz CT molecular complexity index is 369. The van der Waals surface area contributed by atoms with Crippen LogP contribution in [0.15, 0.2) is 12.3 Å². The number of nitrogens with zero attached hydrogens (tertiary/aromatic N) is 3. The Hall–Kier alpha value is -1.85. The van der Waals surface area contributed by atoms with E-state index in [9.17, 15) is 4.79 Å². The SMILES string of the molecule is Nc1ccnc(CCN2CCOC2=O)n1. The Kier molecular flexibility index (Phi) is 2.66. The molecule has 1 aliphatic heterocycles. The van der Waals surface area contributed by atoms with Crippen molar-refractivity contribution in [1.82, 2.24) is 14.9 Å². The molecule has 0 aliphatic carbocycles. The Labute approximate surface area is 87.1 Å². The van der Waals surface area contributed by atoms with Crippen LogP contribution in [0.4, 0.5) is 10.6 Å². The van der Waals surface area contributed by atoms with Crippen LogP contribution in [0.5, 0.6) is 0 Å². The maximum atomic E-state index is 11.1. The molecule has 1 aromatic heterocycles. The lowest BCUT2D eigenvalue weighted by molar-refractivity contribution is 0.158. The average molecular weight is 208 g/mol. The van der Waals surface area contributed by atoms with E-state index in [-0.39, 0.29) is 6.09 Å². The summed E-state index contributed by atoms with van der Waals surface area (Å²) >= 11 is 0. The average Bonchev–Trinajstić information content (AvgIpc) is 2.61. The highest BCUT2D eigenvalue weighted by molar-refractivity contribution is 5.69. The van der Waals surface area contributed by atoms with Gasteiger partial charge in [0, 0.05) is 19.2 Å². The van der Waals surface area contributed by atoms with Gasteiger partial charge >= 0.3 is 6.09 Å². The molecule has 15 heavy (non-hydrogen) atoms. The largest absolute Gasteiger partial charge is 0.448 e. The van der Waals surface area contributed by atoms with E-state index in [2.05, 4.69) is 9.97 Å². The van der Waals surface area contributed by atoms with Gasteiger partial charge in [-0.15, -0.1) is 0 Å². The molecule has 2 N–H and O–H groups in total. The van der Waals surface area contributed by atoms with Gasteiger partial charge in [-0.05, 0) is 6.07 Å². The van der Waals surface area contributed by atoms with Crippen molar-refractivity contribution in [2.45, 2.75) is 6.42 Å². The summed E-state index contributed by atoms with van der Waals surface area (Å²) in [5.41, 5.74) is 5.51. The Morgan fingerprint density at radius 2 is 2.47 bits per heavy atom. The first kappa shape index (κ1) is 9.70. The first-order valence-electron chi connectivity index (χ1n) is 4.75. The number of carbonyl (C=O) groups excluding carboxylic acids is 1. The van der Waals surface area contributed by atoms with Gasteiger partial charge in [-0.25, -0.2) is 14.8 Å². The molecule has 0 unspecified atom stereocenters. The number of carbonyl (C=O) groups is 1. The normalized spacial score (nSPS) is 15.5. The molecule has 1 aliphatic rings. The number of ether oxygens (including phenoxy) is 1. The van der Waals surface area contributed by atoms with E-state index in [0.29, 0.717) is 37.8 Å². The quantitative estimate of drug-likeness (QED) is 0.759. The second-order valence-electron chi connectivity index (χ2n) is 3.25. The number of hydrogen-bond donors (Lipinski definition) is 1. The fraction of sp³-hybridized carbons (Fsp3) is 0.444. The van der Waals surface area contributed by atoms with Crippen molar-refractivity contribution in [3.05, 3.63) is 18.1 Å². The third-order valence-electron chi connectivity index (χ3n) is 2.18. The Morgan fingerprint density at radius 1 is 1.60 bits per heavy atom. The van der Waals surface area contributed by atoms with Gasteiger partial charge in [0.25, 0.3) is 0 Å². The number of nitrogens with two attached hydrogens (primary N) is 1. The van der Waals surface area contributed by atoms with Crippen LogP contribution in [-0.2, 0) is 11.2 Å². The van der Waals surface area contributed by atoms with E-state index in [4.69, 9.17) is 10.5 Å². The Balaban J connectivity index is 1.90. The zero-order chi connectivity index (χ0) is 10.7. The number of hydrogen-bond acceptors (Lipinski definition) is 5. The van der Waals surface area contributed by atoms with Gasteiger partial charge in [0.1, 0.15) is 18.2 Å². The van der Waals surface area contributed by atoms with Crippen LogP contribution in [0, 0.1) is 0 Å². The molecule has 0 atom stereocenters. The molecule has 1 fully saturated rings. The molecule has 0 saturated carbocycles. The van der Waals surface area contributed by atoms with Crippen LogP contribution in [0.25, 0.3) is 0 Å². The van der Waals surface area contributed by atoms with Crippen LogP contribution in [0.3, 0.4) is 0 Å². The lowest BCUT2D eigenvalue weighted by atomic mass is 10.3. The fourth-order valence-electron chi connectivity index (χ4n) is 1.40. The number of rotatable bonds is 3. The zero-order valence-electron chi connectivity index (χ0n) is 8.22. The van der Waals surface area contributed by atoms with Gasteiger partial charge in [0.15, 0.2) is 0 Å². The standard InChI is InChI=1S/C9H12N4O2/c10-7-1-3-11-8(12-7)2-4-13-5-6-15-9(13)14/h1,3H,2,4-6H2,(H2,10,11,12). The summed E-state index contributed by atoms with van der Waals surface area (Å²) in [5, 5.41) is 0. The zero-order valence-corrected chi connectivity index (χ0v) is 8.22. The predicted octanol–water partition coefficient (Wildman–Crippen LogP) is 0.0535. The summed E-state index contributed by atoms with van der Waals surface area (Å²) in [4.78, 5) is 20.8. The number of aromatic nitrogens is 2. The summed E-state index contributed by atoms with van der Waals surface area (Å²) in [5.74, 6) is 1.10. The van der Waals surface area contributed by atoms with E-state index in [1.165, 1.54) is 0 Å². The molecule has 0 bridgehead atoms. The van der Waals surface area contributed by atoms with Crippen LogP contribution in [0.1, 0.15) is 5.82 Å². The number of nitrogen functional groups attached to an aromatic ring is 1. The van der Waals surface area contributed by atoms with Crippen LogP contribution in [-0.4, -0.2) is 40.7 Å². The van der Waals surface area contributed by atoms with Crippen LogP contribution in [0.2, 0.25) is 0 Å². The van der Waals surface area contributed by atoms with E-state index in [1.54, 1.807) is 17.2 Å². The van der Waals surface area contributed by atoms with Crippen molar-refractivity contribution >= 4 is 11.9 Å². The number of amides is 1. The third-order valence-corrected chi connectivity index (χ3v) is 2.18. The molecule has 0 spiro atoms. The summed E-state index contributed by atoms with van der Waals surface area (Å²) < 4.78 is 4.80. The second-order valence-corrected chi connectivity index (χ2v) is 3.25. The highest BCUT2D eigenvalue weighted by Crippen LogP contribution is 2.05. The van der Waals surface area contributed by atoms with Crippen molar-refractivity contribution in [2.75, 3.05) is 25.4 Å². The fourth-order valence-corrected chi connectivity index (χ4v) is 1.40. The van der Waals surface area contributed by atoms with Gasteiger partial charge in [0.05, 0.1) is 6.54 Å². The molecular formula is C9H12N4O2. The maximum absolute atomic E-state index is 11.1. The van der Waals surface area contributed by atoms with Gasteiger partial charge < -0.3 is 15.4 Å². The Morgan fingerprint density at radius 3 is 3.13 bits per heavy atom. The number of anilines is 1. The van der Waals surface area contributed by atoms with E-state index < -0.39 is 0 Å². The molecule has 6 heteroatoms. The van der Waals surface area contributed by atoms with E-state index in [0.717, 1.165) is 0 Å².